The smallest absolute Gasteiger partial charge is 0.264 e. The summed E-state index contributed by atoms with van der Waals surface area (Å²) < 4.78 is 28.8. The minimum atomic E-state index is -3.62. The monoisotopic (exact) mass is 385 g/mol. The van der Waals surface area contributed by atoms with Crippen LogP contribution in [0.1, 0.15) is 17.5 Å². The second-order valence-corrected chi connectivity index (χ2v) is 9.66. The van der Waals surface area contributed by atoms with Crippen molar-refractivity contribution in [1.82, 2.24) is 4.90 Å². The van der Waals surface area contributed by atoms with E-state index in [0.717, 1.165) is 42.7 Å². The zero-order chi connectivity index (χ0) is 19.2. The van der Waals surface area contributed by atoms with Crippen molar-refractivity contribution in [2.24, 2.45) is 0 Å². The van der Waals surface area contributed by atoms with Crippen molar-refractivity contribution in [3.05, 3.63) is 53.6 Å². The normalized spacial score (nSPS) is 19.8. The second-order valence-electron chi connectivity index (χ2n) is 7.80. The molecule has 0 fully saturated rings. The van der Waals surface area contributed by atoms with Crippen molar-refractivity contribution >= 4 is 21.4 Å². The van der Waals surface area contributed by atoms with Crippen LogP contribution < -0.4 is 9.21 Å². The molecule has 0 spiro atoms. The van der Waals surface area contributed by atoms with E-state index in [1.165, 1.54) is 5.56 Å². The van der Waals surface area contributed by atoms with Gasteiger partial charge < -0.3 is 9.80 Å². The maximum Gasteiger partial charge on any atom is 0.264 e. The number of para-hydroxylation sites is 1. The van der Waals surface area contributed by atoms with Crippen LogP contribution in [0.25, 0.3) is 0 Å². The molecule has 6 heteroatoms. The Morgan fingerprint density at radius 1 is 1.04 bits per heavy atom. The molecule has 0 N–H and O–H groups in total. The number of rotatable bonds is 3. The largest absolute Gasteiger partial charge is 0.374 e. The summed E-state index contributed by atoms with van der Waals surface area (Å²) in [5, 5.41) is 0. The first-order valence-corrected chi connectivity index (χ1v) is 10.9. The Morgan fingerprint density at radius 2 is 1.81 bits per heavy atom. The molecule has 2 aromatic rings. The average molecular weight is 386 g/mol. The van der Waals surface area contributed by atoms with E-state index in [1.807, 2.05) is 57.5 Å². The first kappa shape index (κ1) is 18.3. The van der Waals surface area contributed by atoms with Crippen LogP contribution in [-0.4, -0.2) is 53.6 Å². The molecule has 5 nitrogen and oxygen atoms in total. The molecule has 0 saturated heterocycles. The number of benzene rings is 2. The molecule has 2 heterocycles. The van der Waals surface area contributed by atoms with E-state index < -0.39 is 10.0 Å². The van der Waals surface area contributed by atoms with Gasteiger partial charge in [-0.2, -0.15) is 0 Å². The molecule has 0 aromatic heterocycles. The van der Waals surface area contributed by atoms with Crippen LogP contribution in [0.15, 0.2) is 47.4 Å². The number of fused-ring (bicyclic) bond motifs is 2. The lowest BCUT2D eigenvalue weighted by Gasteiger charge is -2.38. The molecule has 2 aliphatic heterocycles. The topological polar surface area (TPSA) is 43.9 Å². The van der Waals surface area contributed by atoms with Crippen LogP contribution in [0.3, 0.4) is 0 Å². The first-order valence-electron chi connectivity index (χ1n) is 9.49. The lowest BCUT2D eigenvalue weighted by atomic mass is 9.99. The Balaban J connectivity index is 1.78. The van der Waals surface area contributed by atoms with Gasteiger partial charge in [0, 0.05) is 25.3 Å². The fourth-order valence-corrected chi connectivity index (χ4v) is 5.69. The fourth-order valence-electron chi connectivity index (χ4n) is 4.13. The Bertz CT molecular complexity index is 956. The number of aryl methyl sites for hydroxylation is 1. The molecular formula is C21H27N3O2S. The van der Waals surface area contributed by atoms with Gasteiger partial charge in [-0.15, -0.1) is 0 Å². The lowest BCUT2D eigenvalue weighted by Crippen LogP contribution is -2.48. The van der Waals surface area contributed by atoms with Gasteiger partial charge in [0.2, 0.25) is 0 Å². The van der Waals surface area contributed by atoms with Crippen molar-refractivity contribution in [1.29, 1.82) is 0 Å². The van der Waals surface area contributed by atoms with E-state index in [2.05, 4.69) is 9.80 Å². The summed E-state index contributed by atoms with van der Waals surface area (Å²) in [7, 11) is 2.44. The zero-order valence-corrected chi connectivity index (χ0v) is 17.0. The predicted molar refractivity (Wildman–Crippen MR) is 110 cm³/mol. The van der Waals surface area contributed by atoms with Crippen LogP contribution in [0.2, 0.25) is 0 Å². The number of anilines is 2. The Morgan fingerprint density at radius 3 is 2.59 bits per heavy atom. The number of hydrogen-bond acceptors (Lipinski definition) is 4. The quantitative estimate of drug-likeness (QED) is 0.815. The Hall–Kier alpha value is -2.05. The summed E-state index contributed by atoms with van der Waals surface area (Å²) in [6.45, 7) is 1.44. The van der Waals surface area contributed by atoms with Crippen LogP contribution in [-0.2, 0) is 22.9 Å². The minimum absolute atomic E-state index is 0.162. The molecule has 2 aromatic carbocycles. The van der Waals surface area contributed by atoms with Gasteiger partial charge in [0.1, 0.15) is 0 Å². The lowest BCUT2D eigenvalue weighted by molar-refractivity contribution is 0.293. The van der Waals surface area contributed by atoms with Gasteiger partial charge in [-0.05, 0) is 62.7 Å². The molecular weight excluding hydrogens is 358 g/mol. The predicted octanol–water partition coefficient (Wildman–Crippen LogP) is 2.75. The van der Waals surface area contributed by atoms with Crippen LogP contribution >= 0.6 is 0 Å². The van der Waals surface area contributed by atoms with Gasteiger partial charge in [0.15, 0.2) is 0 Å². The molecule has 144 valence electrons. The molecule has 0 unspecified atom stereocenters. The van der Waals surface area contributed by atoms with E-state index in [9.17, 15) is 8.42 Å². The third-order valence-electron chi connectivity index (χ3n) is 5.82. The highest BCUT2D eigenvalue weighted by molar-refractivity contribution is 7.92. The zero-order valence-electron chi connectivity index (χ0n) is 16.2. The summed E-state index contributed by atoms with van der Waals surface area (Å²) >= 11 is 0. The van der Waals surface area contributed by atoms with Crippen molar-refractivity contribution in [2.45, 2.75) is 30.2 Å². The molecule has 4 rings (SSSR count). The summed E-state index contributed by atoms with van der Waals surface area (Å²) in [6.07, 6.45) is 2.98. The number of sulfonamides is 1. The highest BCUT2D eigenvalue weighted by atomic mass is 32.2. The van der Waals surface area contributed by atoms with Gasteiger partial charge in [0.05, 0.1) is 17.1 Å². The van der Waals surface area contributed by atoms with Crippen LogP contribution in [0.5, 0.6) is 0 Å². The third kappa shape index (κ3) is 3.21. The van der Waals surface area contributed by atoms with Crippen LogP contribution in [0.4, 0.5) is 11.4 Å². The average Bonchev–Trinajstić information content (AvgIpc) is 2.67. The van der Waals surface area contributed by atoms with E-state index in [0.29, 0.717) is 11.4 Å². The maximum absolute atomic E-state index is 13.6. The van der Waals surface area contributed by atoms with Gasteiger partial charge in [0.25, 0.3) is 10.0 Å². The summed E-state index contributed by atoms with van der Waals surface area (Å²) in [5.74, 6) is 0. The first-order chi connectivity index (χ1) is 12.9. The Kier molecular flexibility index (Phi) is 4.64. The standard InChI is InChI=1S/C21H27N3O2S/c1-22(2)18-13-17-7-4-5-9-20(17)24(15-18)27(25,26)19-11-10-16-8-6-12-23(3)21(16)14-19/h4-5,7,9-11,14,18H,6,8,12-13,15H2,1-3H3/t18-/m1/s1. The molecule has 0 radical (unpaired) electrons. The molecule has 27 heavy (non-hydrogen) atoms. The summed E-state index contributed by atoms with van der Waals surface area (Å²) in [6, 6.07) is 13.6. The van der Waals surface area contributed by atoms with Gasteiger partial charge >= 0.3 is 0 Å². The third-order valence-corrected chi connectivity index (χ3v) is 7.59. The van der Waals surface area contributed by atoms with Crippen molar-refractivity contribution in [3.8, 4) is 0 Å². The molecule has 1 atom stereocenters. The summed E-state index contributed by atoms with van der Waals surface area (Å²) in [5.41, 5.74) is 4.16. The minimum Gasteiger partial charge on any atom is -0.374 e. The van der Waals surface area contributed by atoms with E-state index >= 15 is 0 Å². The van der Waals surface area contributed by atoms with E-state index in [1.54, 1.807) is 10.4 Å². The molecule has 0 bridgehead atoms. The Labute approximate surface area is 162 Å². The number of nitrogens with zero attached hydrogens (tertiary/aromatic N) is 3. The van der Waals surface area contributed by atoms with Gasteiger partial charge in [-0.3, -0.25) is 4.31 Å². The SMILES string of the molecule is CN1CCCc2ccc(S(=O)(=O)N3C[C@H](N(C)C)Cc4ccccc43)cc21. The van der Waals surface area contributed by atoms with Gasteiger partial charge in [-0.25, -0.2) is 8.42 Å². The van der Waals surface area contributed by atoms with Crippen LogP contribution in [0, 0.1) is 0 Å². The number of likely N-dealkylation sites (N-methyl/N-ethyl adjacent to an activating group) is 1. The van der Waals surface area contributed by atoms with Crippen molar-refractivity contribution in [3.63, 3.8) is 0 Å². The maximum atomic E-state index is 13.6. The molecule has 0 aliphatic carbocycles. The number of hydrogen-bond donors (Lipinski definition) is 0. The van der Waals surface area contributed by atoms with E-state index in [-0.39, 0.29) is 6.04 Å². The van der Waals surface area contributed by atoms with Crippen molar-refractivity contribution < 1.29 is 8.42 Å². The highest BCUT2D eigenvalue weighted by Crippen LogP contribution is 2.35. The molecule has 0 amide bonds. The second kappa shape index (κ2) is 6.84. The fraction of sp³-hybridized carbons (Fsp3) is 0.429. The molecule has 2 aliphatic rings. The highest BCUT2D eigenvalue weighted by Gasteiger charge is 2.34. The van der Waals surface area contributed by atoms with Gasteiger partial charge in [-0.1, -0.05) is 24.3 Å². The molecule has 0 saturated carbocycles. The van der Waals surface area contributed by atoms with E-state index in [4.69, 9.17) is 0 Å². The van der Waals surface area contributed by atoms with Crippen molar-refractivity contribution in [2.75, 3.05) is 43.4 Å². The summed E-state index contributed by atoms with van der Waals surface area (Å²) in [4.78, 5) is 4.65.